The summed E-state index contributed by atoms with van der Waals surface area (Å²) in [4.78, 5) is 17.1. The van der Waals surface area contributed by atoms with Crippen molar-refractivity contribution in [3.8, 4) is 0 Å². The van der Waals surface area contributed by atoms with E-state index in [9.17, 15) is 10.1 Å². The number of nitrogens with one attached hydrogen (secondary N) is 1. The van der Waals surface area contributed by atoms with Crippen LogP contribution >= 0.6 is 23.2 Å². The number of halogens is 2. The van der Waals surface area contributed by atoms with Gasteiger partial charge >= 0.3 is 5.69 Å². The molecule has 0 aliphatic carbocycles. The van der Waals surface area contributed by atoms with Crippen LogP contribution in [0.3, 0.4) is 0 Å². The van der Waals surface area contributed by atoms with Crippen molar-refractivity contribution in [2.45, 2.75) is 0 Å². The maximum atomic E-state index is 10.6. The first-order valence-corrected chi connectivity index (χ1v) is 4.50. The summed E-state index contributed by atoms with van der Waals surface area (Å²) in [5.41, 5.74) is -0.266. The van der Waals surface area contributed by atoms with E-state index in [1.807, 2.05) is 0 Å². The van der Waals surface area contributed by atoms with Gasteiger partial charge in [0.15, 0.2) is 0 Å². The Bertz CT molecular complexity index is 410. The first-order valence-electron chi connectivity index (χ1n) is 3.75. The first-order chi connectivity index (χ1) is 7.00. The van der Waals surface area contributed by atoms with Gasteiger partial charge in [0.1, 0.15) is 6.20 Å². The Morgan fingerprint density at radius 2 is 2.40 bits per heavy atom. The normalized spacial score (nSPS) is 9.73. The highest BCUT2D eigenvalue weighted by Crippen LogP contribution is 2.22. The molecule has 0 saturated heterocycles. The predicted octanol–water partition coefficient (Wildman–Crippen LogP) is 2.20. The average molecular weight is 249 g/mol. The van der Waals surface area contributed by atoms with Crippen LogP contribution in [0.2, 0.25) is 5.28 Å². The summed E-state index contributed by atoms with van der Waals surface area (Å²) >= 11 is 11.0. The highest BCUT2D eigenvalue weighted by Gasteiger charge is 2.16. The number of rotatable bonds is 4. The molecular weight excluding hydrogens is 243 g/mol. The average Bonchev–Trinajstić information content (AvgIpc) is 2.14. The maximum Gasteiger partial charge on any atom is 0.329 e. The van der Waals surface area contributed by atoms with Crippen molar-refractivity contribution in [3.63, 3.8) is 0 Å². The second kappa shape index (κ2) is 4.90. The van der Waals surface area contributed by atoms with E-state index in [-0.39, 0.29) is 23.3 Å². The number of hydrogen-bond acceptors (Lipinski definition) is 5. The van der Waals surface area contributed by atoms with Crippen LogP contribution in [0.4, 0.5) is 11.5 Å². The summed E-state index contributed by atoms with van der Waals surface area (Å²) in [5.74, 6) is 0.0156. The highest BCUT2D eigenvalue weighted by atomic mass is 35.5. The molecule has 0 aliphatic rings. The van der Waals surface area contributed by atoms with E-state index in [4.69, 9.17) is 23.2 Å². The molecule has 0 fully saturated rings. The van der Waals surface area contributed by atoms with Crippen LogP contribution < -0.4 is 5.32 Å². The summed E-state index contributed by atoms with van der Waals surface area (Å²) in [7, 11) is 0. The van der Waals surface area contributed by atoms with Gasteiger partial charge in [0.25, 0.3) is 0 Å². The van der Waals surface area contributed by atoms with Crippen molar-refractivity contribution in [3.05, 3.63) is 33.2 Å². The maximum absolute atomic E-state index is 10.6. The van der Waals surface area contributed by atoms with Gasteiger partial charge in [0.2, 0.25) is 11.1 Å². The van der Waals surface area contributed by atoms with Crippen LogP contribution in [0.5, 0.6) is 0 Å². The molecule has 1 N–H and O–H groups in total. The lowest BCUT2D eigenvalue weighted by Crippen LogP contribution is -2.06. The zero-order chi connectivity index (χ0) is 11.4. The molecule has 0 radical (unpaired) electrons. The summed E-state index contributed by atoms with van der Waals surface area (Å²) in [5, 5.41) is 13.4. The van der Waals surface area contributed by atoms with Gasteiger partial charge in [0, 0.05) is 5.03 Å². The minimum Gasteiger partial charge on any atom is -0.359 e. The second-order valence-electron chi connectivity index (χ2n) is 2.50. The van der Waals surface area contributed by atoms with E-state index in [2.05, 4.69) is 21.9 Å². The number of nitro groups is 1. The minimum absolute atomic E-state index is 0.0156. The molecule has 80 valence electrons. The third kappa shape index (κ3) is 3.34. The van der Waals surface area contributed by atoms with Gasteiger partial charge in [-0.05, 0) is 11.6 Å². The van der Waals surface area contributed by atoms with E-state index < -0.39 is 4.92 Å². The van der Waals surface area contributed by atoms with E-state index in [0.29, 0.717) is 5.03 Å². The molecule has 1 rings (SSSR count). The monoisotopic (exact) mass is 248 g/mol. The quantitative estimate of drug-likeness (QED) is 0.502. The molecule has 1 aromatic heterocycles. The van der Waals surface area contributed by atoms with Crippen molar-refractivity contribution in [2.24, 2.45) is 0 Å². The SMILES string of the molecule is C=C(Cl)CNc1nc(Cl)ncc1[N+](=O)[O-]. The molecule has 0 amide bonds. The van der Waals surface area contributed by atoms with Crippen LogP contribution in [-0.4, -0.2) is 21.4 Å². The standard InChI is InChI=1S/C7H6Cl2N4O2/c1-4(8)2-10-6-5(13(14)15)3-11-7(9)12-6/h3H,1-2H2,(H,10,11,12). The van der Waals surface area contributed by atoms with Gasteiger partial charge in [-0.3, -0.25) is 10.1 Å². The van der Waals surface area contributed by atoms with Crippen molar-refractivity contribution in [1.29, 1.82) is 0 Å². The van der Waals surface area contributed by atoms with Crippen molar-refractivity contribution in [2.75, 3.05) is 11.9 Å². The third-order valence-corrected chi connectivity index (χ3v) is 1.70. The fourth-order valence-electron chi connectivity index (χ4n) is 0.797. The molecule has 1 heterocycles. The zero-order valence-corrected chi connectivity index (χ0v) is 8.92. The van der Waals surface area contributed by atoms with Gasteiger partial charge in [-0.2, -0.15) is 4.98 Å². The second-order valence-corrected chi connectivity index (χ2v) is 3.37. The van der Waals surface area contributed by atoms with E-state index in [0.717, 1.165) is 6.20 Å². The lowest BCUT2D eigenvalue weighted by Gasteiger charge is -2.04. The topological polar surface area (TPSA) is 81.0 Å². The van der Waals surface area contributed by atoms with E-state index >= 15 is 0 Å². The summed E-state index contributed by atoms with van der Waals surface area (Å²) < 4.78 is 0. The van der Waals surface area contributed by atoms with Crippen molar-refractivity contribution >= 4 is 34.7 Å². The minimum atomic E-state index is -0.615. The van der Waals surface area contributed by atoms with E-state index in [1.54, 1.807) is 0 Å². The molecule has 6 nitrogen and oxygen atoms in total. The number of nitrogens with zero attached hydrogens (tertiary/aromatic N) is 3. The molecule has 0 atom stereocenters. The Hall–Kier alpha value is -1.40. The molecule has 8 heteroatoms. The number of anilines is 1. The van der Waals surface area contributed by atoms with Crippen molar-refractivity contribution < 1.29 is 4.92 Å². The molecule has 0 aromatic carbocycles. The fourth-order valence-corrected chi connectivity index (χ4v) is 0.997. The molecule has 15 heavy (non-hydrogen) atoms. The predicted molar refractivity (Wildman–Crippen MR) is 57.2 cm³/mol. The number of aromatic nitrogens is 2. The van der Waals surface area contributed by atoms with Gasteiger partial charge in [0.05, 0.1) is 11.5 Å². The molecule has 0 unspecified atom stereocenters. The fraction of sp³-hybridized carbons (Fsp3) is 0.143. The van der Waals surface area contributed by atoms with Crippen LogP contribution in [0, 0.1) is 10.1 Å². The van der Waals surface area contributed by atoms with Crippen LogP contribution in [0.25, 0.3) is 0 Å². The third-order valence-electron chi connectivity index (χ3n) is 1.38. The Kier molecular flexibility index (Phi) is 3.81. The highest BCUT2D eigenvalue weighted by molar-refractivity contribution is 6.29. The van der Waals surface area contributed by atoms with Crippen LogP contribution in [0.15, 0.2) is 17.8 Å². The van der Waals surface area contributed by atoms with Gasteiger partial charge < -0.3 is 5.32 Å². The largest absolute Gasteiger partial charge is 0.359 e. The Labute approximate surface area is 95.1 Å². The molecule has 0 bridgehead atoms. The van der Waals surface area contributed by atoms with Crippen molar-refractivity contribution in [1.82, 2.24) is 9.97 Å². The lowest BCUT2D eigenvalue weighted by molar-refractivity contribution is -0.384. The smallest absolute Gasteiger partial charge is 0.329 e. The summed E-state index contributed by atoms with van der Waals surface area (Å²) in [6.45, 7) is 3.59. The molecule has 1 aromatic rings. The molecule has 0 spiro atoms. The summed E-state index contributed by atoms with van der Waals surface area (Å²) in [6, 6.07) is 0. The van der Waals surface area contributed by atoms with Crippen LogP contribution in [-0.2, 0) is 0 Å². The number of hydrogen-bond donors (Lipinski definition) is 1. The Balaban J connectivity index is 2.96. The van der Waals surface area contributed by atoms with Gasteiger partial charge in [-0.25, -0.2) is 4.98 Å². The molecular formula is C7H6Cl2N4O2. The molecule has 0 aliphatic heterocycles. The lowest BCUT2D eigenvalue weighted by atomic mass is 10.4. The van der Waals surface area contributed by atoms with E-state index in [1.165, 1.54) is 0 Å². The van der Waals surface area contributed by atoms with Gasteiger partial charge in [-0.15, -0.1) is 0 Å². The Morgan fingerprint density at radius 1 is 1.73 bits per heavy atom. The first kappa shape index (κ1) is 11.7. The molecule has 0 saturated carbocycles. The van der Waals surface area contributed by atoms with Crippen LogP contribution in [0.1, 0.15) is 0 Å². The Morgan fingerprint density at radius 3 is 2.93 bits per heavy atom. The van der Waals surface area contributed by atoms with Gasteiger partial charge in [-0.1, -0.05) is 18.2 Å². The summed E-state index contributed by atoms with van der Waals surface area (Å²) in [6.07, 6.45) is 1.02. The zero-order valence-electron chi connectivity index (χ0n) is 7.41.